The summed E-state index contributed by atoms with van der Waals surface area (Å²) >= 11 is 0. The third-order valence-electron chi connectivity index (χ3n) is 4.45. The van der Waals surface area contributed by atoms with Gasteiger partial charge in [0.2, 0.25) is 11.6 Å². The second-order valence-corrected chi connectivity index (χ2v) is 6.11. The molecule has 2 rings (SSSR count). The number of benzene rings is 1. The maximum Gasteiger partial charge on any atom is 0.204 e. The Morgan fingerprint density at radius 3 is 2.00 bits per heavy atom. The van der Waals surface area contributed by atoms with Crippen LogP contribution in [-0.2, 0) is 0 Å². The molecule has 124 valence electrons. The van der Waals surface area contributed by atoms with Crippen LogP contribution in [0, 0.1) is 23.5 Å². The SMILES string of the molecule is CCCC1CCC(COc2ccc(OCC)c(F)c2F)CC1. The van der Waals surface area contributed by atoms with Crippen LogP contribution in [0.5, 0.6) is 11.5 Å². The standard InChI is InChI=1S/C18H26F2O2/c1-3-5-13-6-8-14(9-7-13)12-22-16-11-10-15(21-4-2)17(19)18(16)20/h10-11,13-14H,3-9,12H2,1-2H3. The molecule has 0 atom stereocenters. The van der Waals surface area contributed by atoms with Gasteiger partial charge in [0.15, 0.2) is 11.5 Å². The Hall–Kier alpha value is -1.32. The Labute approximate surface area is 131 Å². The van der Waals surface area contributed by atoms with Crippen LogP contribution in [0.2, 0.25) is 0 Å². The zero-order chi connectivity index (χ0) is 15.9. The van der Waals surface area contributed by atoms with Gasteiger partial charge in [0.05, 0.1) is 13.2 Å². The van der Waals surface area contributed by atoms with Gasteiger partial charge in [0, 0.05) is 0 Å². The van der Waals surface area contributed by atoms with Crippen LogP contribution >= 0.6 is 0 Å². The Morgan fingerprint density at radius 2 is 1.45 bits per heavy atom. The van der Waals surface area contributed by atoms with Crippen LogP contribution in [0.1, 0.15) is 52.4 Å². The fraction of sp³-hybridized carbons (Fsp3) is 0.667. The summed E-state index contributed by atoms with van der Waals surface area (Å²) in [5.41, 5.74) is 0. The smallest absolute Gasteiger partial charge is 0.204 e. The first kappa shape index (κ1) is 17.0. The minimum atomic E-state index is -0.967. The molecule has 2 nitrogen and oxygen atoms in total. The van der Waals surface area contributed by atoms with Gasteiger partial charge in [0.1, 0.15) is 0 Å². The Kier molecular flexibility index (Phi) is 6.47. The molecule has 22 heavy (non-hydrogen) atoms. The van der Waals surface area contributed by atoms with Gasteiger partial charge in [-0.05, 0) is 43.7 Å². The summed E-state index contributed by atoms with van der Waals surface area (Å²) in [4.78, 5) is 0. The van der Waals surface area contributed by atoms with Crippen molar-refractivity contribution in [3.8, 4) is 11.5 Å². The molecular formula is C18H26F2O2. The molecule has 0 radical (unpaired) electrons. The molecule has 0 heterocycles. The topological polar surface area (TPSA) is 18.5 Å². The molecule has 1 aliphatic carbocycles. The molecule has 0 amide bonds. The minimum Gasteiger partial charge on any atom is -0.491 e. The highest BCUT2D eigenvalue weighted by molar-refractivity contribution is 5.35. The third-order valence-corrected chi connectivity index (χ3v) is 4.45. The Bertz CT molecular complexity index is 468. The maximum absolute atomic E-state index is 13.9. The molecule has 0 aromatic heterocycles. The molecule has 1 aromatic rings. The van der Waals surface area contributed by atoms with E-state index in [1.54, 1.807) is 6.92 Å². The van der Waals surface area contributed by atoms with Gasteiger partial charge < -0.3 is 9.47 Å². The van der Waals surface area contributed by atoms with Crippen LogP contribution in [0.15, 0.2) is 12.1 Å². The Balaban J connectivity index is 1.86. The van der Waals surface area contributed by atoms with Crippen molar-refractivity contribution in [2.75, 3.05) is 13.2 Å². The normalized spacial score (nSPS) is 21.6. The molecule has 0 spiro atoms. The van der Waals surface area contributed by atoms with E-state index in [0.29, 0.717) is 19.1 Å². The molecule has 1 fully saturated rings. The van der Waals surface area contributed by atoms with E-state index in [4.69, 9.17) is 9.47 Å². The van der Waals surface area contributed by atoms with Crippen molar-refractivity contribution in [3.05, 3.63) is 23.8 Å². The van der Waals surface area contributed by atoms with E-state index in [2.05, 4.69) is 6.92 Å². The van der Waals surface area contributed by atoms with Gasteiger partial charge in [0.25, 0.3) is 0 Å². The average Bonchev–Trinajstić information content (AvgIpc) is 2.53. The van der Waals surface area contributed by atoms with Crippen molar-refractivity contribution < 1.29 is 18.3 Å². The fourth-order valence-electron chi connectivity index (χ4n) is 3.20. The van der Waals surface area contributed by atoms with Gasteiger partial charge >= 0.3 is 0 Å². The summed E-state index contributed by atoms with van der Waals surface area (Å²) in [6.45, 7) is 4.72. The second-order valence-electron chi connectivity index (χ2n) is 6.11. The van der Waals surface area contributed by atoms with Crippen molar-refractivity contribution in [2.45, 2.75) is 52.4 Å². The first-order valence-electron chi connectivity index (χ1n) is 8.39. The van der Waals surface area contributed by atoms with Gasteiger partial charge in [-0.2, -0.15) is 8.78 Å². The zero-order valence-corrected chi connectivity index (χ0v) is 13.5. The van der Waals surface area contributed by atoms with E-state index < -0.39 is 11.6 Å². The van der Waals surface area contributed by atoms with E-state index in [1.807, 2.05) is 0 Å². The van der Waals surface area contributed by atoms with Crippen LogP contribution in [0.3, 0.4) is 0 Å². The van der Waals surface area contributed by atoms with Crippen LogP contribution in [0.25, 0.3) is 0 Å². The molecule has 0 aliphatic heterocycles. The molecule has 4 heteroatoms. The third kappa shape index (κ3) is 4.34. The van der Waals surface area contributed by atoms with Crippen LogP contribution in [-0.4, -0.2) is 13.2 Å². The number of ether oxygens (including phenoxy) is 2. The predicted octanol–water partition coefficient (Wildman–Crippen LogP) is 5.35. The van der Waals surface area contributed by atoms with Gasteiger partial charge in [-0.15, -0.1) is 0 Å². The summed E-state index contributed by atoms with van der Waals surface area (Å²) in [6.07, 6.45) is 7.22. The summed E-state index contributed by atoms with van der Waals surface area (Å²) in [6, 6.07) is 2.88. The van der Waals surface area contributed by atoms with E-state index in [9.17, 15) is 8.78 Å². The van der Waals surface area contributed by atoms with Crippen molar-refractivity contribution in [3.63, 3.8) is 0 Å². The Morgan fingerprint density at radius 1 is 0.909 bits per heavy atom. The zero-order valence-electron chi connectivity index (χ0n) is 13.5. The maximum atomic E-state index is 13.9. The first-order valence-corrected chi connectivity index (χ1v) is 8.39. The van der Waals surface area contributed by atoms with Gasteiger partial charge in [-0.3, -0.25) is 0 Å². The molecule has 1 aliphatic rings. The lowest BCUT2D eigenvalue weighted by Crippen LogP contribution is -2.20. The highest BCUT2D eigenvalue weighted by Crippen LogP contribution is 2.33. The molecule has 0 unspecified atom stereocenters. The number of rotatable bonds is 7. The number of hydrogen-bond acceptors (Lipinski definition) is 2. The molecule has 0 saturated heterocycles. The number of halogens is 2. The van der Waals surface area contributed by atoms with Crippen molar-refractivity contribution in [2.24, 2.45) is 11.8 Å². The lowest BCUT2D eigenvalue weighted by Gasteiger charge is -2.28. The quantitative estimate of drug-likeness (QED) is 0.676. The van der Waals surface area contributed by atoms with Crippen LogP contribution < -0.4 is 9.47 Å². The molecular weight excluding hydrogens is 286 g/mol. The fourth-order valence-corrected chi connectivity index (χ4v) is 3.20. The summed E-state index contributed by atoms with van der Waals surface area (Å²) < 4.78 is 38.2. The van der Waals surface area contributed by atoms with Crippen LogP contribution in [0.4, 0.5) is 8.78 Å². The van der Waals surface area contributed by atoms with E-state index in [1.165, 1.54) is 37.8 Å². The van der Waals surface area contributed by atoms with Gasteiger partial charge in [-0.25, -0.2) is 0 Å². The monoisotopic (exact) mass is 312 g/mol. The first-order chi connectivity index (χ1) is 10.7. The molecule has 1 aromatic carbocycles. The van der Waals surface area contributed by atoms with Crippen molar-refractivity contribution in [1.29, 1.82) is 0 Å². The van der Waals surface area contributed by atoms with Crippen molar-refractivity contribution >= 4 is 0 Å². The lowest BCUT2D eigenvalue weighted by atomic mass is 9.80. The molecule has 0 bridgehead atoms. The van der Waals surface area contributed by atoms with E-state index in [0.717, 1.165) is 18.8 Å². The largest absolute Gasteiger partial charge is 0.491 e. The highest BCUT2D eigenvalue weighted by Gasteiger charge is 2.22. The number of hydrogen-bond donors (Lipinski definition) is 0. The van der Waals surface area contributed by atoms with Gasteiger partial charge in [-0.1, -0.05) is 32.6 Å². The summed E-state index contributed by atoms with van der Waals surface area (Å²) in [5.74, 6) is -0.719. The van der Waals surface area contributed by atoms with Crippen molar-refractivity contribution in [1.82, 2.24) is 0 Å². The average molecular weight is 312 g/mol. The van der Waals surface area contributed by atoms with E-state index in [-0.39, 0.29) is 11.5 Å². The summed E-state index contributed by atoms with van der Waals surface area (Å²) in [5, 5.41) is 0. The lowest BCUT2D eigenvalue weighted by molar-refractivity contribution is 0.173. The minimum absolute atomic E-state index is 0.0170. The summed E-state index contributed by atoms with van der Waals surface area (Å²) in [7, 11) is 0. The van der Waals surface area contributed by atoms with E-state index >= 15 is 0 Å². The second kappa shape index (κ2) is 8.35. The molecule has 1 saturated carbocycles. The highest BCUT2D eigenvalue weighted by atomic mass is 19.2. The predicted molar refractivity (Wildman–Crippen MR) is 83.4 cm³/mol. The molecule has 0 N–H and O–H groups in total.